The number of anilines is 4. The van der Waals surface area contributed by atoms with Gasteiger partial charge in [-0.3, -0.25) is 34.3 Å². The van der Waals surface area contributed by atoms with Crippen LogP contribution in [0.2, 0.25) is 0 Å². The number of nitrogens with zero attached hydrogens (tertiary/aromatic N) is 16. The molecule has 0 atom stereocenters. The molecule has 13 aromatic heterocycles. The number of fused-ring (bicyclic) bond motifs is 47. The van der Waals surface area contributed by atoms with Crippen molar-refractivity contribution in [3.63, 3.8) is 0 Å². The van der Waals surface area contributed by atoms with Crippen LogP contribution in [0.25, 0.3) is 218 Å². The molecule has 0 bridgehead atoms. The summed E-state index contributed by atoms with van der Waals surface area (Å²) in [6.45, 7) is 8.10. The Morgan fingerprint density at radius 1 is 0.404 bits per heavy atom. The van der Waals surface area contributed by atoms with Crippen LogP contribution in [0.4, 0.5) is 32.8 Å². The molecule has 674 valence electrons. The summed E-state index contributed by atoms with van der Waals surface area (Å²) in [4.78, 5) is 40.3. The molecule has 0 saturated heterocycles. The van der Waals surface area contributed by atoms with E-state index >= 15 is 0 Å². The molecule has 2 aliphatic rings. The smallest absolute Gasteiger partial charge is 1.00 e. The third kappa shape index (κ3) is 18.2. The SMILES string of the molecule is Fc1c[c-]c2c(c1)c1ccccc1n1c2nc2ccsc21.[Br-].[C-]#[N+]c1ccc(-c2cc[c-]c3c2c2cc(N(C)C)ccc2n2ccnc32)cc1.[Cl][Zn+].[I-].[I-].[Li+].[Li+].[Mg+2].[Mg+2].[Mg+2].[c-]1cccc2c1N1Cc3ccccc3N1c1ccccc1-2.[c-]1cccc2c1c1nc3cc4ccccc4cc3n1c1ccccc21.[c-]1cccc2c1c1nc3nccnc3n1c1ccccc21.[c-]1cccc2c1c1nc3sccc3n1c1ccccc21. The van der Waals surface area contributed by atoms with Gasteiger partial charge in [-0.1, -0.05) is 201 Å². The number of aromatic nitrogens is 12. The Morgan fingerprint density at radius 3 is 1.60 bits per heavy atom. The van der Waals surface area contributed by atoms with Gasteiger partial charge < -0.3 is 96.8 Å². The Hall–Kier alpha value is -11.5. The van der Waals surface area contributed by atoms with Gasteiger partial charge in [0.05, 0.1) is 74.8 Å². The molecule has 0 radical (unpaired) electrons. The minimum atomic E-state index is -0.273. The van der Waals surface area contributed by atoms with E-state index in [0.717, 1.165) is 177 Å². The number of rotatable bonds is 2. The fraction of sp³-hybridized carbons (Fsp3) is 0.0256. The number of hydrogen-bond acceptors (Lipinski definition) is 12. The summed E-state index contributed by atoms with van der Waals surface area (Å²) in [5, 5.41) is 27.6. The van der Waals surface area contributed by atoms with Gasteiger partial charge in [0.1, 0.15) is 9.66 Å². The maximum atomic E-state index is 13.7. The van der Waals surface area contributed by atoms with Crippen LogP contribution < -0.4 is 118 Å². The maximum absolute atomic E-state index is 13.7. The summed E-state index contributed by atoms with van der Waals surface area (Å²) in [6, 6.07) is 133. The third-order valence-electron chi connectivity index (χ3n) is 26.0. The summed E-state index contributed by atoms with van der Waals surface area (Å²) in [6.07, 6.45) is 7.20. The van der Waals surface area contributed by atoms with Crippen molar-refractivity contribution in [1.82, 2.24) is 56.9 Å². The molecule has 0 unspecified atom stereocenters. The first-order valence-corrected chi connectivity index (χ1v) is 50.4. The van der Waals surface area contributed by atoms with Crippen LogP contribution in [0.15, 0.2) is 369 Å². The van der Waals surface area contributed by atoms with Crippen LogP contribution in [0.5, 0.6) is 0 Å². The van der Waals surface area contributed by atoms with Crippen molar-refractivity contribution in [2.45, 2.75) is 6.54 Å². The van der Waals surface area contributed by atoms with E-state index in [4.69, 9.17) is 31.2 Å². The van der Waals surface area contributed by atoms with Gasteiger partial charge >= 0.3 is 134 Å². The molecule has 15 heterocycles. The third-order valence-corrected chi connectivity index (χ3v) is 27.7. The minimum Gasteiger partial charge on any atom is -1.00 e. The largest absolute Gasteiger partial charge is 2.00 e. The van der Waals surface area contributed by atoms with Crippen LogP contribution in [-0.4, -0.2) is 140 Å². The van der Waals surface area contributed by atoms with E-state index < -0.39 is 0 Å². The number of hydrogen-bond donors (Lipinski definition) is 0. The first-order chi connectivity index (χ1) is 68.2. The van der Waals surface area contributed by atoms with Gasteiger partial charge in [-0.15, -0.1) is 154 Å². The molecule has 16 aromatic carbocycles. The molecule has 2 aliphatic heterocycles. The average Bonchev–Trinajstić information content (AvgIpc) is 1.44. The van der Waals surface area contributed by atoms with Crippen molar-refractivity contribution >= 4 is 320 Å². The maximum Gasteiger partial charge on any atom is 2.00 e. The Bertz CT molecular complexity index is 10000. The fourth-order valence-electron chi connectivity index (χ4n) is 20.0. The predicted molar refractivity (Wildman–Crippen MR) is 579 cm³/mol. The Kier molecular flexibility index (Phi) is 32.6. The van der Waals surface area contributed by atoms with E-state index in [1.165, 1.54) is 88.4 Å². The summed E-state index contributed by atoms with van der Waals surface area (Å²) in [5.41, 5.74) is 27.5. The standard InChI is InChI=1S/C24H17N4.C23H13N2.C19H13N2.C17H8FN2S.C17H9N4.C17H9N2S.BrH.ClH.2HI.2Li.3Mg.Zn/c1-25-17-9-7-16(8-10-17)19-5-4-6-20-23(19)21-15-18(27(2)3)11-12-22(21)28-14-13-26-24(20)28;1-2-8-16-14-22-20(13-15(16)7-1)24-23-19-11-4-3-9-17(19)18-10-5-6-12-21(18)25(22)23;1-4-10-17-14(7-1)13-20-18-11-5-2-8-15(18)16-9-3-6-12-19(16)21(17)20;18-10-5-6-12-13(9-10)11-3-1-2-4-15(11)20-16(12)19-14-7-8-21-17(14)20;1-2-7-13-11(5-1)12-6-3-4-8-14(12)21-16(13)20-15-17(21)19-10-9-18-15;1-2-7-13-11(5-1)12-6-3-4-8-14(12)19-15-9-10-20-17(15)18-16(13)19;;;;;;;;;;/h4-5,7-15H,2-3H3;1-10,12-14H;1-10,12H,13H2;1-5,7-9H;1-6,8-10H;1-6,8-10H;4*1H;;;;;;/q6*-1;;;;;2*+1;4*+2/p-4. The predicted octanol–water partition coefficient (Wildman–Crippen LogP) is 13.4. The number of imidazole rings is 5. The first-order valence-electron chi connectivity index (χ1n) is 44.8. The molecule has 146 heavy (non-hydrogen) atoms. The Balaban J connectivity index is 0.000000118. The molecule has 0 N–H and O–H groups in total. The van der Waals surface area contributed by atoms with E-state index in [0.29, 0.717) is 11.3 Å². The summed E-state index contributed by atoms with van der Waals surface area (Å²) in [5.74, 6) is -0.273. The summed E-state index contributed by atoms with van der Waals surface area (Å²) >= 11 is 4.19. The van der Waals surface area contributed by atoms with Crippen molar-refractivity contribution in [1.29, 1.82) is 0 Å². The van der Waals surface area contributed by atoms with Crippen molar-refractivity contribution in [2.75, 3.05) is 29.0 Å². The van der Waals surface area contributed by atoms with Gasteiger partial charge in [0.2, 0.25) is 0 Å². The van der Waals surface area contributed by atoms with Gasteiger partial charge in [0.25, 0.3) is 0 Å². The molecule has 0 aliphatic carbocycles. The van der Waals surface area contributed by atoms with Crippen LogP contribution in [0.3, 0.4) is 0 Å². The number of thiophene rings is 2. The molecule has 31 rings (SSSR count). The number of para-hydroxylation sites is 7. The normalized spacial score (nSPS) is 11.4. The second-order valence-corrected chi connectivity index (χ2v) is 35.5. The quantitative estimate of drug-likeness (QED) is 0.0714. The van der Waals surface area contributed by atoms with Gasteiger partial charge in [-0.2, -0.15) is 24.3 Å². The molecule has 0 saturated carbocycles. The second kappa shape index (κ2) is 44.9. The van der Waals surface area contributed by atoms with Crippen LogP contribution >= 0.6 is 32.4 Å². The van der Waals surface area contributed by atoms with Gasteiger partial charge in [0.15, 0.2) is 17.0 Å². The molecule has 29 heteroatoms. The number of hydrazine groups is 1. The molecule has 0 fully saturated rings. The van der Waals surface area contributed by atoms with E-state index in [-0.39, 0.29) is 178 Å². The molecular formula is C117H69BrClFI2Li2Mg3N16S2Zn. The van der Waals surface area contributed by atoms with E-state index in [9.17, 15) is 4.39 Å². The molecule has 0 amide bonds. The molecule has 16 nitrogen and oxygen atoms in total. The molecule has 29 aromatic rings. The van der Waals surface area contributed by atoms with Crippen LogP contribution in [0.1, 0.15) is 5.56 Å². The zero-order valence-corrected chi connectivity index (χ0v) is 94.6. The molecule has 0 spiro atoms. The number of halogens is 5. The minimum absolute atomic E-state index is 0. The number of pyridine rings is 5. The van der Waals surface area contributed by atoms with Crippen molar-refractivity contribution < 1.29 is 124 Å². The average molecular weight is 2300 g/mol. The van der Waals surface area contributed by atoms with Crippen molar-refractivity contribution in [3.8, 4) is 22.3 Å². The monoisotopic (exact) mass is 2300 g/mol. The first kappa shape index (κ1) is 106. The van der Waals surface area contributed by atoms with Crippen LogP contribution in [0, 0.1) is 48.8 Å². The van der Waals surface area contributed by atoms with Gasteiger partial charge in [-0.05, 0) is 150 Å². The van der Waals surface area contributed by atoms with E-state index in [2.05, 4.69) is 324 Å². The Labute approximate surface area is 975 Å². The van der Waals surface area contributed by atoms with Crippen molar-refractivity contribution in [2.24, 2.45) is 0 Å². The zero-order chi connectivity index (χ0) is 92.3. The Morgan fingerprint density at radius 2 is 0.925 bits per heavy atom. The van der Waals surface area contributed by atoms with Gasteiger partial charge in [0, 0.05) is 78.0 Å². The van der Waals surface area contributed by atoms with Crippen molar-refractivity contribution in [3.05, 3.63) is 428 Å². The zero-order valence-electron chi connectivity index (χ0n) is 79.1. The van der Waals surface area contributed by atoms with Crippen LogP contribution in [-0.2, 0) is 23.9 Å². The second-order valence-electron chi connectivity index (χ2n) is 33.7. The van der Waals surface area contributed by atoms with E-state index in [1.54, 1.807) is 41.1 Å². The fourth-order valence-corrected chi connectivity index (χ4v) is 21.6. The summed E-state index contributed by atoms with van der Waals surface area (Å²) in [7, 11) is 8.87. The summed E-state index contributed by atoms with van der Waals surface area (Å²) < 4.78 is 24.5. The molecular weight excluding hydrogens is 2230 g/mol. The van der Waals surface area contributed by atoms with E-state index in [1.807, 2.05) is 133 Å². The number of benzene rings is 16. The van der Waals surface area contributed by atoms with Gasteiger partial charge in [-0.25, -0.2) is 14.8 Å². The topological polar surface area (TPSA) is 126 Å².